The first-order chi connectivity index (χ1) is 10.1. The predicted molar refractivity (Wildman–Crippen MR) is 79.1 cm³/mol. The van der Waals surface area contributed by atoms with Gasteiger partial charge < -0.3 is 13.9 Å². The molecule has 2 rings (SSSR count). The van der Waals surface area contributed by atoms with E-state index in [1.54, 1.807) is 24.8 Å². The predicted octanol–water partition coefficient (Wildman–Crippen LogP) is 3.03. The lowest BCUT2D eigenvalue weighted by atomic mass is 10.1. The van der Waals surface area contributed by atoms with Gasteiger partial charge in [-0.3, -0.25) is 4.79 Å². The number of methoxy groups -OCH3 is 1. The summed E-state index contributed by atoms with van der Waals surface area (Å²) >= 11 is 1.67. The van der Waals surface area contributed by atoms with Gasteiger partial charge in [-0.25, -0.2) is 4.79 Å². The summed E-state index contributed by atoms with van der Waals surface area (Å²) in [6.45, 7) is 2.12. The first-order valence-corrected chi connectivity index (χ1v) is 8.14. The summed E-state index contributed by atoms with van der Waals surface area (Å²) in [6, 6.07) is 1.63. The van der Waals surface area contributed by atoms with Crippen LogP contribution in [0.4, 0.5) is 0 Å². The minimum atomic E-state index is -0.349. The molecule has 21 heavy (non-hydrogen) atoms. The second kappa shape index (κ2) is 7.02. The van der Waals surface area contributed by atoms with Crippen molar-refractivity contribution in [2.75, 3.05) is 19.5 Å². The van der Waals surface area contributed by atoms with Crippen molar-refractivity contribution in [3.63, 3.8) is 0 Å². The average Bonchev–Trinajstić information content (AvgIpc) is 3.05. The normalized spacial score (nSPS) is 15.5. The largest absolute Gasteiger partial charge is 0.469 e. The van der Waals surface area contributed by atoms with Crippen LogP contribution in [0.2, 0.25) is 0 Å². The van der Waals surface area contributed by atoms with Gasteiger partial charge in [-0.15, -0.1) is 0 Å². The number of carbonyl (C=O) groups excluding carboxylic acids is 2. The van der Waals surface area contributed by atoms with Crippen LogP contribution >= 0.6 is 11.8 Å². The van der Waals surface area contributed by atoms with Crippen molar-refractivity contribution in [3.8, 4) is 0 Å². The molecular weight excluding hydrogens is 292 g/mol. The van der Waals surface area contributed by atoms with Crippen LogP contribution < -0.4 is 0 Å². The zero-order valence-corrected chi connectivity index (χ0v) is 13.2. The average molecular weight is 312 g/mol. The molecule has 1 aromatic rings. The second-order valence-corrected chi connectivity index (χ2v) is 6.21. The number of furan rings is 1. The Hall–Kier alpha value is -1.43. The smallest absolute Gasteiger partial charge is 0.341 e. The molecule has 0 radical (unpaired) electrons. The topological polar surface area (TPSA) is 65.7 Å². The van der Waals surface area contributed by atoms with Crippen LogP contribution in [0.3, 0.4) is 0 Å². The Labute approximate surface area is 128 Å². The van der Waals surface area contributed by atoms with E-state index >= 15 is 0 Å². The molecule has 1 heterocycles. The summed E-state index contributed by atoms with van der Waals surface area (Å²) in [5.41, 5.74) is 0.566. The molecule has 5 nitrogen and oxygen atoms in total. The lowest BCUT2D eigenvalue weighted by Crippen LogP contribution is -2.13. The molecule has 0 amide bonds. The molecule has 0 aliphatic heterocycles. The molecule has 0 saturated heterocycles. The van der Waals surface area contributed by atoms with E-state index in [1.807, 2.05) is 0 Å². The summed E-state index contributed by atoms with van der Waals surface area (Å²) < 4.78 is 15.1. The Morgan fingerprint density at radius 1 is 1.43 bits per heavy atom. The van der Waals surface area contributed by atoms with E-state index in [2.05, 4.69) is 0 Å². The van der Waals surface area contributed by atoms with Crippen molar-refractivity contribution in [3.05, 3.63) is 23.7 Å². The van der Waals surface area contributed by atoms with Crippen molar-refractivity contribution in [1.82, 2.24) is 0 Å². The van der Waals surface area contributed by atoms with E-state index < -0.39 is 0 Å². The molecule has 0 N–H and O–H groups in total. The molecule has 0 atom stereocenters. The van der Waals surface area contributed by atoms with E-state index in [4.69, 9.17) is 13.9 Å². The van der Waals surface area contributed by atoms with Crippen LogP contribution in [0, 0.1) is 5.41 Å². The van der Waals surface area contributed by atoms with Gasteiger partial charge >= 0.3 is 11.9 Å². The number of rotatable bonds is 8. The van der Waals surface area contributed by atoms with Gasteiger partial charge in [0.15, 0.2) is 0 Å². The summed E-state index contributed by atoms with van der Waals surface area (Å²) in [4.78, 5) is 23.1. The van der Waals surface area contributed by atoms with E-state index in [9.17, 15) is 9.59 Å². The van der Waals surface area contributed by atoms with Crippen LogP contribution in [-0.2, 0) is 20.0 Å². The molecular formula is C15H20O5S. The lowest BCUT2D eigenvalue weighted by Gasteiger charge is -2.12. The summed E-state index contributed by atoms with van der Waals surface area (Å²) in [5, 5.41) is 0. The highest BCUT2D eigenvalue weighted by Crippen LogP contribution is 2.51. The van der Waals surface area contributed by atoms with Gasteiger partial charge in [0.25, 0.3) is 0 Å². The lowest BCUT2D eigenvalue weighted by molar-refractivity contribution is -0.141. The van der Waals surface area contributed by atoms with Gasteiger partial charge in [0, 0.05) is 0 Å². The second-order valence-electron chi connectivity index (χ2n) is 5.22. The van der Waals surface area contributed by atoms with Crippen molar-refractivity contribution in [2.24, 2.45) is 5.41 Å². The van der Waals surface area contributed by atoms with Gasteiger partial charge in [-0.2, -0.15) is 11.8 Å². The van der Waals surface area contributed by atoms with Crippen LogP contribution in [0.1, 0.15) is 42.3 Å². The van der Waals surface area contributed by atoms with Gasteiger partial charge in [-0.05, 0) is 37.0 Å². The maximum Gasteiger partial charge on any atom is 0.341 e. The number of carbonyl (C=O) groups is 2. The van der Waals surface area contributed by atoms with Gasteiger partial charge in [0.2, 0.25) is 0 Å². The van der Waals surface area contributed by atoms with E-state index in [1.165, 1.54) is 13.4 Å². The first kappa shape index (κ1) is 15.9. The number of ether oxygens (including phenoxy) is 2. The van der Waals surface area contributed by atoms with Crippen LogP contribution in [0.5, 0.6) is 0 Å². The third-order valence-corrected chi connectivity index (χ3v) is 4.87. The zero-order chi connectivity index (χ0) is 15.3. The highest BCUT2D eigenvalue weighted by molar-refractivity contribution is 7.98. The Morgan fingerprint density at radius 2 is 2.19 bits per heavy atom. The molecule has 1 fully saturated rings. The third kappa shape index (κ3) is 4.27. The summed E-state index contributed by atoms with van der Waals surface area (Å²) in [6.07, 6.45) is 4.08. The van der Waals surface area contributed by atoms with E-state index in [0.29, 0.717) is 30.1 Å². The van der Waals surface area contributed by atoms with Gasteiger partial charge in [0.05, 0.1) is 32.2 Å². The number of hydrogen-bond acceptors (Lipinski definition) is 6. The Kier molecular flexibility index (Phi) is 5.33. The van der Waals surface area contributed by atoms with Gasteiger partial charge in [-0.1, -0.05) is 0 Å². The highest BCUT2D eigenvalue weighted by Gasteiger charge is 2.44. The first-order valence-electron chi connectivity index (χ1n) is 6.98. The van der Waals surface area contributed by atoms with Gasteiger partial charge in [0.1, 0.15) is 11.3 Å². The fourth-order valence-corrected chi connectivity index (χ4v) is 3.47. The SMILES string of the molecule is CCOC(=O)c1ccoc1CSCC1(CC(=O)OC)CC1. The Balaban J connectivity index is 1.83. The van der Waals surface area contributed by atoms with Crippen molar-refractivity contribution >= 4 is 23.7 Å². The molecule has 0 unspecified atom stereocenters. The maximum absolute atomic E-state index is 11.7. The van der Waals surface area contributed by atoms with Crippen molar-refractivity contribution in [1.29, 1.82) is 0 Å². The van der Waals surface area contributed by atoms with Crippen molar-refractivity contribution < 1.29 is 23.5 Å². The van der Waals surface area contributed by atoms with Crippen LogP contribution in [-0.4, -0.2) is 31.4 Å². The molecule has 6 heteroatoms. The van der Waals surface area contributed by atoms with E-state index in [-0.39, 0.29) is 17.4 Å². The number of esters is 2. The molecule has 0 aromatic carbocycles. The Bertz CT molecular complexity index is 504. The molecule has 1 saturated carbocycles. The fourth-order valence-electron chi connectivity index (χ4n) is 2.13. The highest BCUT2D eigenvalue weighted by atomic mass is 32.2. The summed E-state index contributed by atoms with van der Waals surface area (Å²) in [5.74, 6) is 1.60. The zero-order valence-electron chi connectivity index (χ0n) is 12.3. The molecule has 1 aliphatic rings. The standard InChI is InChI=1S/C15H20O5S/c1-3-19-14(17)11-4-7-20-12(11)9-21-10-15(5-6-15)8-13(16)18-2/h4,7H,3,5-6,8-10H2,1-2H3. The minimum Gasteiger partial charge on any atom is -0.469 e. The van der Waals surface area contributed by atoms with E-state index in [0.717, 1.165) is 18.6 Å². The van der Waals surface area contributed by atoms with Crippen LogP contribution in [0.15, 0.2) is 16.7 Å². The molecule has 1 aliphatic carbocycles. The number of thioether (sulfide) groups is 1. The number of hydrogen-bond donors (Lipinski definition) is 0. The van der Waals surface area contributed by atoms with Crippen molar-refractivity contribution in [2.45, 2.75) is 31.9 Å². The molecule has 0 spiro atoms. The Morgan fingerprint density at radius 3 is 2.81 bits per heavy atom. The molecule has 1 aromatic heterocycles. The monoisotopic (exact) mass is 312 g/mol. The van der Waals surface area contributed by atoms with Crippen LogP contribution in [0.25, 0.3) is 0 Å². The minimum absolute atomic E-state index is 0.0778. The third-order valence-electron chi connectivity index (χ3n) is 3.59. The fraction of sp³-hybridized carbons (Fsp3) is 0.600. The quantitative estimate of drug-likeness (QED) is 0.687. The molecule has 116 valence electrons. The molecule has 0 bridgehead atoms. The maximum atomic E-state index is 11.7. The summed E-state index contributed by atoms with van der Waals surface area (Å²) in [7, 11) is 1.42.